The number of nitrogens with zero attached hydrogens (tertiary/aromatic N) is 5. The first-order valence-corrected chi connectivity index (χ1v) is 12.7. The molecule has 0 atom stereocenters. The molecule has 9 nitrogen and oxygen atoms in total. The smallest absolute Gasteiger partial charge is 0.242 e. The first-order chi connectivity index (χ1) is 16.2. The van der Waals surface area contributed by atoms with Crippen LogP contribution in [0.15, 0.2) is 41.3 Å². The normalized spacial score (nSPS) is 12.2. The van der Waals surface area contributed by atoms with Gasteiger partial charge in [0, 0.05) is 31.6 Å². The molecule has 2 heterocycles. The number of sulfonamides is 1. The van der Waals surface area contributed by atoms with E-state index >= 15 is 0 Å². The third-order valence-electron chi connectivity index (χ3n) is 5.03. The van der Waals surface area contributed by atoms with Crippen molar-refractivity contribution in [1.82, 2.24) is 24.1 Å². The van der Waals surface area contributed by atoms with Crippen LogP contribution >= 0.6 is 22.9 Å². The minimum absolute atomic E-state index is 0.102. The second-order valence-electron chi connectivity index (χ2n) is 7.41. The molecular weight excluding hydrogens is 498 g/mol. The summed E-state index contributed by atoms with van der Waals surface area (Å²) >= 11 is 7.31. The Bertz CT molecular complexity index is 1460. The minimum Gasteiger partial charge on any atom is -0.493 e. The van der Waals surface area contributed by atoms with Crippen molar-refractivity contribution in [3.8, 4) is 11.5 Å². The highest BCUT2D eigenvalue weighted by Gasteiger charge is 2.25. The molecule has 0 amide bonds. The summed E-state index contributed by atoms with van der Waals surface area (Å²) in [4.78, 5) is 0.702. The molecule has 0 aliphatic rings. The molecule has 0 spiro atoms. The number of fused-ring (bicyclic) bond motifs is 1. The second-order valence-corrected chi connectivity index (χ2v) is 11.0. The lowest BCUT2D eigenvalue weighted by molar-refractivity contribution is 0.353. The van der Waals surface area contributed by atoms with Gasteiger partial charge < -0.3 is 9.47 Å². The number of rotatable bonds is 8. The highest BCUT2D eigenvalue weighted by molar-refractivity contribution is 7.89. The maximum atomic E-state index is 13.0. The number of methoxy groups -OCH3 is 2. The van der Waals surface area contributed by atoms with Gasteiger partial charge in [0.2, 0.25) is 15.0 Å². The SMILES string of the molecule is COc1cc(Cc2nnc3sc(/C=C/c4ccc(Cl)cc4)nn23)c(S(=O)(=O)N(C)C)cc1OC. The van der Waals surface area contributed by atoms with Crippen molar-refractivity contribution >= 4 is 50.1 Å². The largest absolute Gasteiger partial charge is 0.493 e. The highest BCUT2D eigenvalue weighted by Crippen LogP contribution is 2.34. The van der Waals surface area contributed by atoms with Crippen molar-refractivity contribution in [1.29, 1.82) is 0 Å². The van der Waals surface area contributed by atoms with Crippen molar-refractivity contribution < 1.29 is 17.9 Å². The van der Waals surface area contributed by atoms with Crippen molar-refractivity contribution in [2.45, 2.75) is 11.3 Å². The summed E-state index contributed by atoms with van der Waals surface area (Å²) in [6.45, 7) is 0. The number of ether oxygens (including phenoxy) is 2. The van der Waals surface area contributed by atoms with Gasteiger partial charge in [0.25, 0.3) is 0 Å². The zero-order valence-electron chi connectivity index (χ0n) is 18.9. The van der Waals surface area contributed by atoms with E-state index in [-0.39, 0.29) is 11.3 Å². The van der Waals surface area contributed by atoms with Gasteiger partial charge in [-0.2, -0.15) is 9.61 Å². The van der Waals surface area contributed by atoms with Gasteiger partial charge >= 0.3 is 0 Å². The quantitative estimate of drug-likeness (QED) is 0.348. The first kappa shape index (κ1) is 24.1. The summed E-state index contributed by atoms with van der Waals surface area (Å²) in [6, 6.07) is 10.6. The molecule has 0 N–H and O–H groups in total. The predicted octanol–water partition coefficient (Wildman–Crippen LogP) is 3.87. The van der Waals surface area contributed by atoms with Gasteiger partial charge in [-0.15, -0.1) is 10.2 Å². The lowest BCUT2D eigenvalue weighted by Gasteiger charge is -2.17. The van der Waals surface area contributed by atoms with E-state index in [4.69, 9.17) is 21.1 Å². The Morgan fingerprint density at radius 1 is 1.06 bits per heavy atom. The van der Waals surface area contributed by atoms with Gasteiger partial charge in [0.05, 0.1) is 19.1 Å². The Hall–Kier alpha value is -2.99. The number of aromatic nitrogens is 4. The lowest BCUT2D eigenvalue weighted by Crippen LogP contribution is -2.23. The van der Waals surface area contributed by atoms with Gasteiger partial charge in [0.15, 0.2) is 17.3 Å². The van der Waals surface area contributed by atoms with Crippen LogP contribution in [0.3, 0.4) is 0 Å². The summed E-state index contributed by atoms with van der Waals surface area (Å²) in [7, 11) is 2.15. The van der Waals surface area contributed by atoms with Crippen LogP contribution in [0.2, 0.25) is 5.02 Å². The Balaban J connectivity index is 1.71. The van der Waals surface area contributed by atoms with E-state index in [0.717, 1.165) is 14.9 Å². The molecule has 2 aromatic carbocycles. The number of benzene rings is 2. The molecule has 0 saturated heterocycles. The van der Waals surface area contributed by atoms with Crippen LogP contribution in [0.25, 0.3) is 17.1 Å². The molecule has 4 rings (SSSR count). The average Bonchev–Trinajstić information content (AvgIpc) is 3.39. The van der Waals surface area contributed by atoms with Gasteiger partial charge in [-0.25, -0.2) is 12.7 Å². The molecule has 12 heteroatoms. The molecule has 0 saturated carbocycles. The average molecular weight is 520 g/mol. The van der Waals surface area contributed by atoms with Gasteiger partial charge in [-0.3, -0.25) is 0 Å². The molecule has 178 valence electrons. The van der Waals surface area contributed by atoms with E-state index in [1.165, 1.54) is 45.7 Å². The van der Waals surface area contributed by atoms with Crippen LogP contribution < -0.4 is 9.47 Å². The number of hydrogen-bond donors (Lipinski definition) is 0. The highest BCUT2D eigenvalue weighted by atomic mass is 35.5. The van der Waals surface area contributed by atoms with Crippen LogP contribution in [-0.4, -0.2) is 60.8 Å². The van der Waals surface area contributed by atoms with E-state index in [1.807, 2.05) is 36.4 Å². The van der Waals surface area contributed by atoms with E-state index in [1.54, 1.807) is 10.6 Å². The van der Waals surface area contributed by atoms with Crippen LogP contribution in [0.5, 0.6) is 11.5 Å². The maximum absolute atomic E-state index is 13.0. The van der Waals surface area contributed by atoms with Crippen molar-refractivity contribution in [2.24, 2.45) is 0 Å². The predicted molar refractivity (Wildman–Crippen MR) is 132 cm³/mol. The van der Waals surface area contributed by atoms with Crippen LogP contribution in [0.1, 0.15) is 22.0 Å². The number of halogens is 1. The Kier molecular flexibility index (Phi) is 6.89. The molecule has 34 heavy (non-hydrogen) atoms. The Morgan fingerprint density at radius 2 is 1.74 bits per heavy atom. The minimum atomic E-state index is -3.76. The zero-order chi connectivity index (χ0) is 24.5. The third-order valence-corrected chi connectivity index (χ3v) is 8.05. The molecule has 0 bridgehead atoms. The molecule has 0 aliphatic heterocycles. The van der Waals surface area contributed by atoms with Crippen molar-refractivity contribution in [2.75, 3.05) is 28.3 Å². The molecule has 0 fully saturated rings. The Labute approximate surface area is 206 Å². The maximum Gasteiger partial charge on any atom is 0.242 e. The monoisotopic (exact) mass is 519 g/mol. The van der Waals surface area contributed by atoms with Gasteiger partial charge in [-0.1, -0.05) is 41.1 Å². The standard InChI is InChI=1S/C22H22ClN5O4S2/c1-27(2)34(29,30)19-13-18(32-4)17(31-3)11-15(19)12-20-24-25-22-28(20)26-21(33-22)10-7-14-5-8-16(23)9-6-14/h5-11,13H,12H2,1-4H3/b10-7+. The molecule has 0 aliphatic carbocycles. The van der Waals surface area contributed by atoms with Crippen molar-refractivity contribution in [3.63, 3.8) is 0 Å². The number of hydrogen-bond acceptors (Lipinski definition) is 8. The van der Waals surface area contributed by atoms with Gasteiger partial charge in [-0.05, 0) is 35.4 Å². The molecular formula is C22H22ClN5O4S2. The third kappa shape index (κ3) is 4.78. The topological polar surface area (TPSA) is 98.9 Å². The fraction of sp³-hybridized carbons (Fsp3) is 0.227. The second kappa shape index (κ2) is 9.71. The van der Waals surface area contributed by atoms with Crippen LogP contribution in [0.4, 0.5) is 0 Å². The summed E-state index contributed by atoms with van der Waals surface area (Å²) in [5.74, 6) is 1.24. The first-order valence-electron chi connectivity index (χ1n) is 10.0. The molecule has 0 unspecified atom stereocenters. The van der Waals surface area contributed by atoms with E-state index in [2.05, 4.69) is 15.3 Å². The summed E-state index contributed by atoms with van der Waals surface area (Å²) < 4.78 is 39.5. The lowest BCUT2D eigenvalue weighted by atomic mass is 10.1. The fourth-order valence-corrected chi connectivity index (χ4v) is 5.24. The van der Waals surface area contributed by atoms with E-state index in [0.29, 0.717) is 32.9 Å². The Morgan fingerprint density at radius 3 is 2.38 bits per heavy atom. The summed E-state index contributed by atoms with van der Waals surface area (Å²) in [5.41, 5.74) is 1.48. The zero-order valence-corrected chi connectivity index (χ0v) is 21.3. The van der Waals surface area contributed by atoms with Crippen molar-refractivity contribution in [3.05, 3.63) is 63.4 Å². The van der Waals surface area contributed by atoms with E-state index < -0.39 is 10.0 Å². The van der Waals surface area contributed by atoms with E-state index in [9.17, 15) is 8.42 Å². The molecule has 2 aromatic heterocycles. The summed E-state index contributed by atoms with van der Waals surface area (Å²) in [6.07, 6.45) is 3.98. The fourth-order valence-electron chi connectivity index (χ4n) is 3.24. The summed E-state index contributed by atoms with van der Waals surface area (Å²) in [5, 5.41) is 14.4. The van der Waals surface area contributed by atoms with Crippen LogP contribution in [0, 0.1) is 0 Å². The van der Waals surface area contributed by atoms with Crippen LogP contribution in [-0.2, 0) is 16.4 Å². The van der Waals surface area contributed by atoms with Gasteiger partial charge in [0.1, 0.15) is 5.01 Å². The molecule has 4 aromatic rings. The molecule has 0 radical (unpaired) electrons.